The Morgan fingerprint density at radius 1 is 1.33 bits per heavy atom. The Morgan fingerprint density at radius 2 is 2.10 bits per heavy atom. The van der Waals surface area contributed by atoms with Crippen LogP contribution in [0.2, 0.25) is 0 Å². The van der Waals surface area contributed by atoms with E-state index in [1.54, 1.807) is 12.4 Å². The van der Waals surface area contributed by atoms with Crippen molar-refractivity contribution >= 4 is 23.1 Å². The molecule has 0 aliphatic carbocycles. The second-order valence-corrected chi connectivity index (χ2v) is 5.19. The maximum absolute atomic E-state index is 11.7. The molecule has 0 aliphatic rings. The first-order valence-corrected chi connectivity index (χ1v) is 6.85. The van der Waals surface area contributed by atoms with Crippen LogP contribution in [-0.4, -0.2) is 17.1 Å². The van der Waals surface area contributed by atoms with Crippen molar-refractivity contribution in [2.75, 3.05) is 10.2 Å². The van der Waals surface area contributed by atoms with Crippen LogP contribution in [0.4, 0.5) is 21.9 Å². The van der Waals surface area contributed by atoms with Gasteiger partial charge in [0.05, 0.1) is 17.6 Å². The predicted octanol–water partition coefficient (Wildman–Crippen LogP) is 3.43. The highest BCUT2D eigenvalue weighted by Gasteiger charge is 2.19. The van der Waals surface area contributed by atoms with Gasteiger partial charge in [0.25, 0.3) is 0 Å². The highest BCUT2D eigenvalue weighted by atomic mass is 16.2. The van der Waals surface area contributed by atoms with Gasteiger partial charge in [-0.05, 0) is 44.5 Å². The lowest BCUT2D eigenvalue weighted by Crippen LogP contribution is -2.41. The van der Waals surface area contributed by atoms with Crippen LogP contribution >= 0.6 is 0 Å². The molecule has 2 rings (SSSR count). The van der Waals surface area contributed by atoms with Gasteiger partial charge in [0, 0.05) is 17.9 Å². The Balaban J connectivity index is 2.39. The number of carbonyl (C=O) groups is 1. The van der Waals surface area contributed by atoms with Crippen LogP contribution < -0.4 is 16.0 Å². The van der Waals surface area contributed by atoms with Gasteiger partial charge in [-0.15, -0.1) is 0 Å². The lowest BCUT2D eigenvalue weighted by molar-refractivity contribution is 0.252. The minimum Gasteiger partial charge on any atom is -0.354 e. The van der Waals surface area contributed by atoms with Crippen molar-refractivity contribution < 1.29 is 4.79 Å². The fourth-order valence-electron chi connectivity index (χ4n) is 2.21. The van der Waals surface area contributed by atoms with E-state index in [4.69, 9.17) is 5.73 Å². The smallest absolute Gasteiger partial charge is 0.319 e. The normalized spacial score (nSPS) is 10.5. The van der Waals surface area contributed by atoms with E-state index in [0.29, 0.717) is 5.69 Å². The largest absolute Gasteiger partial charge is 0.354 e. The molecule has 2 amide bonds. The molecule has 0 aliphatic heterocycles. The molecule has 5 heteroatoms. The molecule has 0 atom stereocenters. The van der Waals surface area contributed by atoms with Crippen LogP contribution in [-0.2, 0) is 0 Å². The molecule has 21 heavy (non-hydrogen) atoms. The first-order valence-electron chi connectivity index (χ1n) is 6.85. The summed E-state index contributed by atoms with van der Waals surface area (Å²) in [7, 11) is 0. The monoisotopic (exact) mass is 284 g/mol. The van der Waals surface area contributed by atoms with Crippen LogP contribution in [0, 0.1) is 6.92 Å². The molecule has 0 radical (unpaired) electrons. The van der Waals surface area contributed by atoms with Gasteiger partial charge in [0.1, 0.15) is 0 Å². The van der Waals surface area contributed by atoms with E-state index in [-0.39, 0.29) is 6.04 Å². The van der Waals surface area contributed by atoms with Crippen molar-refractivity contribution in [1.82, 2.24) is 4.98 Å². The number of aryl methyl sites for hydroxylation is 1. The molecule has 0 saturated carbocycles. The maximum Gasteiger partial charge on any atom is 0.319 e. The lowest BCUT2D eigenvalue weighted by Gasteiger charge is -2.26. The zero-order valence-electron chi connectivity index (χ0n) is 12.5. The van der Waals surface area contributed by atoms with Gasteiger partial charge >= 0.3 is 6.03 Å². The minimum atomic E-state index is -0.495. The van der Waals surface area contributed by atoms with Crippen molar-refractivity contribution in [2.45, 2.75) is 26.8 Å². The molecule has 0 unspecified atom stereocenters. The lowest BCUT2D eigenvalue weighted by atomic mass is 10.2. The van der Waals surface area contributed by atoms with Gasteiger partial charge in [-0.25, -0.2) is 4.79 Å². The second kappa shape index (κ2) is 6.26. The van der Waals surface area contributed by atoms with Crippen molar-refractivity contribution in [3.63, 3.8) is 0 Å². The summed E-state index contributed by atoms with van der Waals surface area (Å²) in [5, 5.41) is 3.31. The Morgan fingerprint density at radius 3 is 2.71 bits per heavy atom. The van der Waals surface area contributed by atoms with Crippen molar-refractivity contribution in [3.05, 3.63) is 48.3 Å². The number of anilines is 3. The zero-order valence-corrected chi connectivity index (χ0v) is 12.5. The van der Waals surface area contributed by atoms with Gasteiger partial charge in [-0.1, -0.05) is 12.1 Å². The van der Waals surface area contributed by atoms with Crippen LogP contribution in [0.15, 0.2) is 42.7 Å². The number of nitrogens with zero attached hydrogens (tertiary/aromatic N) is 2. The van der Waals surface area contributed by atoms with Crippen LogP contribution in [0.5, 0.6) is 0 Å². The number of rotatable bonds is 4. The molecule has 2 aromatic rings. The number of urea groups is 1. The Bertz CT molecular complexity index is 640. The summed E-state index contributed by atoms with van der Waals surface area (Å²) < 4.78 is 0. The molecular weight excluding hydrogens is 264 g/mol. The van der Waals surface area contributed by atoms with Crippen molar-refractivity contribution in [1.29, 1.82) is 0 Å². The van der Waals surface area contributed by atoms with E-state index in [2.05, 4.69) is 10.3 Å². The minimum absolute atomic E-state index is 0.0511. The third-order valence-electron chi connectivity index (χ3n) is 3.11. The molecule has 1 heterocycles. The van der Waals surface area contributed by atoms with Gasteiger partial charge in [-0.2, -0.15) is 0 Å². The average molecular weight is 284 g/mol. The number of hydrogen-bond donors (Lipinski definition) is 2. The van der Waals surface area contributed by atoms with Crippen molar-refractivity contribution in [3.8, 4) is 0 Å². The van der Waals surface area contributed by atoms with Gasteiger partial charge in [0.15, 0.2) is 0 Å². The third-order valence-corrected chi connectivity index (χ3v) is 3.11. The molecule has 0 saturated heterocycles. The molecule has 1 aromatic heterocycles. The molecule has 3 N–H and O–H groups in total. The summed E-state index contributed by atoms with van der Waals surface area (Å²) in [4.78, 5) is 17.3. The van der Waals surface area contributed by atoms with E-state index >= 15 is 0 Å². The Hall–Kier alpha value is -2.56. The molecule has 110 valence electrons. The quantitative estimate of drug-likeness (QED) is 0.903. The molecule has 0 spiro atoms. The fraction of sp³-hybridized carbons (Fsp3) is 0.250. The topological polar surface area (TPSA) is 71.2 Å². The molecule has 0 bridgehead atoms. The number of amides is 2. The number of pyridine rings is 1. The van der Waals surface area contributed by atoms with E-state index in [1.807, 2.05) is 51.1 Å². The highest BCUT2D eigenvalue weighted by Crippen LogP contribution is 2.29. The number of hydrogen-bond acceptors (Lipinski definition) is 3. The van der Waals surface area contributed by atoms with Crippen LogP contribution in [0.1, 0.15) is 19.4 Å². The van der Waals surface area contributed by atoms with Gasteiger partial charge in [0.2, 0.25) is 0 Å². The average Bonchev–Trinajstić information content (AvgIpc) is 2.40. The Kier molecular flexibility index (Phi) is 4.42. The Labute approximate surface area is 124 Å². The standard InChI is InChI=1S/C16H20N4O/c1-11(2)20(16(17)21)15-10-18-8-7-14(15)19-13-6-4-5-12(3)9-13/h4-11H,1-3H3,(H2,17,21)(H,18,19). The predicted molar refractivity (Wildman–Crippen MR) is 85.9 cm³/mol. The zero-order chi connectivity index (χ0) is 15.4. The van der Waals surface area contributed by atoms with Gasteiger partial charge < -0.3 is 11.1 Å². The SMILES string of the molecule is Cc1cccc(Nc2ccncc2N(C(N)=O)C(C)C)c1. The summed E-state index contributed by atoms with van der Waals surface area (Å²) in [6.07, 6.45) is 3.32. The second-order valence-electron chi connectivity index (χ2n) is 5.19. The molecular formula is C16H20N4O. The number of nitrogens with one attached hydrogen (secondary N) is 1. The first-order chi connectivity index (χ1) is 9.99. The number of primary amides is 1. The molecule has 5 nitrogen and oxygen atoms in total. The number of nitrogens with two attached hydrogens (primary N) is 1. The first kappa shape index (κ1) is 14.8. The van der Waals surface area contributed by atoms with E-state index in [0.717, 1.165) is 16.9 Å². The summed E-state index contributed by atoms with van der Waals surface area (Å²) in [6, 6.07) is 9.30. The maximum atomic E-state index is 11.7. The summed E-state index contributed by atoms with van der Waals surface area (Å²) in [5.74, 6) is 0. The number of carbonyl (C=O) groups excluding carboxylic acids is 1. The summed E-state index contributed by atoms with van der Waals surface area (Å²) >= 11 is 0. The van der Waals surface area contributed by atoms with E-state index in [1.165, 1.54) is 4.90 Å². The van der Waals surface area contributed by atoms with E-state index < -0.39 is 6.03 Å². The van der Waals surface area contributed by atoms with E-state index in [9.17, 15) is 4.79 Å². The summed E-state index contributed by atoms with van der Waals surface area (Å²) in [5.41, 5.74) is 9.06. The number of benzene rings is 1. The van der Waals surface area contributed by atoms with Gasteiger partial charge in [-0.3, -0.25) is 9.88 Å². The molecule has 0 fully saturated rings. The van der Waals surface area contributed by atoms with Crippen molar-refractivity contribution in [2.24, 2.45) is 5.73 Å². The van der Waals surface area contributed by atoms with Crippen LogP contribution in [0.25, 0.3) is 0 Å². The summed E-state index contributed by atoms with van der Waals surface area (Å²) in [6.45, 7) is 5.85. The third kappa shape index (κ3) is 3.51. The molecule has 1 aromatic carbocycles. The van der Waals surface area contributed by atoms with Crippen LogP contribution in [0.3, 0.4) is 0 Å². The highest BCUT2D eigenvalue weighted by molar-refractivity contribution is 5.95. The number of aromatic nitrogens is 1. The fourth-order valence-corrected chi connectivity index (χ4v) is 2.21.